The first-order chi connectivity index (χ1) is 17.7. The summed E-state index contributed by atoms with van der Waals surface area (Å²) in [5.41, 5.74) is -2.69. The SMILES string of the molecule is CC(C)[C@H](NC(=O)C1(C(F)(F)F)CC1)C(=O)N1C[C@H]2[C@@H]([C@H]1C(=O)N[C@H](C#N)C[C@@H]1CCCNC1=O)C2(C)C. The van der Waals surface area contributed by atoms with Gasteiger partial charge in [0.05, 0.1) is 6.07 Å². The van der Waals surface area contributed by atoms with Crippen molar-refractivity contribution in [2.75, 3.05) is 13.1 Å². The van der Waals surface area contributed by atoms with Gasteiger partial charge < -0.3 is 20.9 Å². The average molecular weight is 540 g/mol. The molecule has 2 saturated carbocycles. The van der Waals surface area contributed by atoms with Gasteiger partial charge in [-0.2, -0.15) is 18.4 Å². The topological polar surface area (TPSA) is 131 Å². The fourth-order valence-electron chi connectivity index (χ4n) is 6.29. The third kappa shape index (κ3) is 4.84. The van der Waals surface area contributed by atoms with Crippen molar-refractivity contribution < 1.29 is 32.3 Å². The minimum Gasteiger partial charge on any atom is -0.356 e. The number of piperidine rings is 2. The lowest BCUT2D eigenvalue weighted by Gasteiger charge is -2.35. The second kappa shape index (κ2) is 9.72. The van der Waals surface area contributed by atoms with E-state index >= 15 is 0 Å². The first kappa shape index (κ1) is 28.2. The molecule has 0 spiro atoms. The van der Waals surface area contributed by atoms with Gasteiger partial charge >= 0.3 is 6.18 Å². The number of nitrogens with zero attached hydrogens (tertiary/aromatic N) is 2. The van der Waals surface area contributed by atoms with Crippen molar-refractivity contribution in [3.05, 3.63) is 0 Å². The molecule has 0 bridgehead atoms. The van der Waals surface area contributed by atoms with E-state index in [1.807, 2.05) is 19.9 Å². The Kier molecular flexibility index (Phi) is 7.21. The maximum atomic E-state index is 13.7. The van der Waals surface area contributed by atoms with E-state index in [4.69, 9.17) is 0 Å². The number of amides is 4. The molecular formula is C26H36F3N5O4. The standard InChI is InChI=1S/C26H36F3N5O4/c1-13(2)18(33-23(38)25(7-8-25)26(27,28)29)22(37)34-12-16-17(24(16,3)4)19(34)21(36)32-15(11-30)10-14-6-5-9-31-20(14)35/h13-19H,5-10,12H2,1-4H3,(H,31,35)(H,32,36)(H,33,38)/t14-,15-,16-,17-,18-,19-/m0/s1. The van der Waals surface area contributed by atoms with Crippen LogP contribution < -0.4 is 16.0 Å². The molecule has 6 atom stereocenters. The summed E-state index contributed by atoms with van der Waals surface area (Å²) in [6.07, 6.45) is -3.79. The number of fused-ring (bicyclic) bond motifs is 1. The predicted octanol–water partition coefficient (Wildman–Crippen LogP) is 1.88. The first-order valence-electron chi connectivity index (χ1n) is 13.3. The predicted molar refractivity (Wildman–Crippen MR) is 129 cm³/mol. The lowest BCUT2D eigenvalue weighted by Crippen LogP contribution is -2.59. The second-order valence-corrected chi connectivity index (χ2v) is 12.2. The number of likely N-dealkylation sites (tertiary alicyclic amines) is 1. The van der Waals surface area contributed by atoms with Crippen molar-refractivity contribution in [2.45, 2.75) is 84.1 Å². The van der Waals surface area contributed by atoms with Crippen molar-refractivity contribution >= 4 is 23.6 Å². The lowest BCUT2D eigenvalue weighted by molar-refractivity contribution is -0.193. The van der Waals surface area contributed by atoms with E-state index in [2.05, 4.69) is 16.0 Å². The number of carbonyl (C=O) groups is 4. The fourth-order valence-corrected chi connectivity index (χ4v) is 6.29. The Hall–Kier alpha value is -2.84. The summed E-state index contributed by atoms with van der Waals surface area (Å²) in [4.78, 5) is 53.3. The fraction of sp³-hybridized carbons (Fsp3) is 0.808. The summed E-state index contributed by atoms with van der Waals surface area (Å²) in [6, 6.07) is -1.04. The van der Waals surface area contributed by atoms with Gasteiger partial charge in [0.25, 0.3) is 0 Å². The number of hydrogen-bond acceptors (Lipinski definition) is 5. The third-order valence-electron chi connectivity index (χ3n) is 9.10. The van der Waals surface area contributed by atoms with Crippen LogP contribution in [0.15, 0.2) is 0 Å². The molecule has 2 aliphatic carbocycles. The highest BCUT2D eigenvalue weighted by molar-refractivity contribution is 5.95. The Balaban J connectivity index is 1.49. The second-order valence-electron chi connectivity index (χ2n) is 12.2. The molecule has 2 heterocycles. The Labute approximate surface area is 220 Å². The molecule has 4 aliphatic rings. The largest absolute Gasteiger partial charge is 0.403 e. The monoisotopic (exact) mass is 539 g/mol. The minimum atomic E-state index is -4.70. The van der Waals surface area contributed by atoms with Crippen LogP contribution in [0.1, 0.15) is 59.8 Å². The highest BCUT2D eigenvalue weighted by Gasteiger charge is 2.71. The van der Waals surface area contributed by atoms with Gasteiger partial charge in [0.2, 0.25) is 23.6 Å². The van der Waals surface area contributed by atoms with Crippen LogP contribution in [0.3, 0.4) is 0 Å². The van der Waals surface area contributed by atoms with E-state index in [1.54, 1.807) is 13.8 Å². The number of halogens is 3. The molecule has 0 aromatic carbocycles. The number of alkyl halides is 3. The summed E-state index contributed by atoms with van der Waals surface area (Å²) in [7, 11) is 0. The van der Waals surface area contributed by atoms with Crippen molar-refractivity contribution in [3.8, 4) is 6.07 Å². The smallest absolute Gasteiger partial charge is 0.356 e. The Morgan fingerprint density at radius 1 is 1.21 bits per heavy atom. The lowest BCUT2D eigenvalue weighted by atomic mass is 9.91. The normalized spacial score (nSPS) is 30.4. The summed E-state index contributed by atoms with van der Waals surface area (Å²) in [5, 5.41) is 17.5. The number of nitriles is 1. The van der Waals surface area contributed by atoms with Crippen molar-refractivity contribution in [1.29, 1.82) is 5.26 Å². The van der Waals surface area contributed by atoms with Crippen molar-refractivity contribution in [1.82, 2.24) is 20.9 Å². The van der Waals surface area contributed by atoms with Crippen LogP contribution in [0.4, 0.5) is 13.2 Å². The van der Waals surface area contributed by atoms with Crippen LogP contribution in [0, 0.1) is 45.8 Å². The number of nitrogens with one attached hydrogen (secondary N) is 3. The van der Waals surface area contributed by atoms with E-state index in [0.717, 1.165) is 6.42 Å². The maximum absolute atomic E-state index is 13.7. The van der Waals surface area contributed by atoms with Crippen LogP contribution in [-0.4, -0.2) is 65.9 Å². The zero-order valence-electron chi connectivity index (χ0n) is 22.2. The molecule has 0 aromatic rings. The Morgan fingerprint density at radius 3 is 2.39 bits per heavy atom. The first-order valence-corrected chi connectivity index (χ1v) is 13.3. The number of carbonyl (C=O) groups excluding carboxylic acids is 4. The zero-order chi connectivity index (χ0) is 28.2. The van der Waals surface area contributed by atoms with Crippen molar-refractivity contribution in [2.24, 2.45) is 34.5 Å². The van der Waals surface area contributed by atoms with Gasteiger partial charge in [-0.3, -0.25) is 19.2 Å². The van der Waals surface area contributed by atoms with Gasteiger partial charge in [0, 0.05) is 19.0 Å². The molecule has 3 N–H and O–H groups in total. The molecule has 210 valence electrons. The van der Waals surface area contributed by atoms with Crippen LogP contribution in [-0.2, 0) is 19.2 Å². The summed E-state index contributed by atoms with van der Waals surface area (Å²) < 4.78 is 40.5. The van der Waals surface area contributed by atoms with Crippen LogP contribution in [0.25, 0.3) is 0 Å². The van der Waals surface area contributed by atoms with E-state index in [-0.39, 0.29) is 49.0 Å². The maximum Gasteiger partial charge on any atom is 0.403 e. The van der Waals surface area contributed by atoms with Gasteiger partial charge in [-0.1, -0.05) is 27.7 Å². The van der Waals surface area contributed by atoms with E-state index < -0.39 is 59.3 Å². The molecule has 9 nitrogen and oxygen atoms in total. The summed E-state index contributed by atoms with van der Waals surface area (Å²) in [6.45, 7) is 8.05. The quantitative estimate of drug-likeness (QED) is 0.434. The highest BCUT2D eigenvalue weighted by atomic mass is 19.4. The van der Waals surface area contributed by atoms with Gasteiger partial charge in [-0.05, 0) is 55.3 Å². The Morgan fingerprint density at radius 2 is 1.87 bits per heavy atom. The highest BCUT2D eigenvalue weighted by Crippen LogP contribution is 2.65. The molecule has 2 saturated heterocycles. The van der Waals surface area contributed by atoms with Crippen molar-refractivity contribution in [3.63, 3.8) is 0 Å². The van der Waals surface area contributed by atoms with Crippen LogP contribution >= 0.6 is 0 Å². The summed E-state index contributed by atoms with van der Waals surface area (Å²) in [5.74, 6) is -3.58. The average Bonchev–Trinajstić information content (AvgIpc) is 3.69. The third-order valence-corrected chi connectivity index (χ3v) is 9.10. The molecule has 0 unspecified atom stereocenters. The van der Waals surface area contributed by atoms with Gasteiger partial charge in [0.1, 0.15) is 23.5 Å². The molecule has 12 heteroatoms. The molecule has 0 radical (unpaired) electrons. The molecule has 38 heavy (non-hydrogen) atoms. The van der Waals surface area contributed by atoms with Gasteiger partial charge in [0.15, 0.2) is 0 Å². The van der Waals surface area contributed by atoms with E-state index in [1.165, 1.54) is 4.90 Å². The molecule has 4 rings (SSSR count). The minimum absolute atomic E-state index is 0.0142. The zero-order valence-corrected chi connectivity index (χ0v) is 22.2. The molecule has 0 aromatic heterocycles. The number of hydrogen-bond donors (Lipinski definition) is 3. The van der Waals surface area contributed by atoms with Gasteiger partial charge in [-0.15, -0.1) is 0 Å². The molecular weight excluding hydrogens is 503 g/mol. The Bertz CT molecular complexity index is 1050. The van der Waals surface area contributed by atoms with Crippen LogP contribution in [0.5, 0.6) is 0 Å². The van der Waals surface area contributed by atoms with Crippen LogP contribution in [0.2, 0.25) is 0 Å². The summed E-state index contributed by atoms with van der Waals surface area (Å²) >= 11 is 0. The van der Waals surface area contributed by atoms with E-state index in [0.29, 0.717) is 13.0 Å². The molecule has 2 aliphatic heterocycles. The van der Waals surface area contributed by atoms with E-state index in [9.17, 15) is 37.6 Å². The van der Waals surface area contributed by atoms with Gasteiger partial charge in [-0.25, -0.2) is 0 Å². The number of rotatable bonds is 8. The molecule has 4 fully saturated rings. The molecule has 4 amide bonds.